The van der Waals surface area contributed by atoms with Gasteiger partial charge in [-0.3, -0.25) is 0 Å². The molecule has 0 atom stereocenters. The molecule has 0 aliphatic carbocycles. The highest BCUT2D eigenvalue weighted by Crippen LogP contribution is 2.49. The predicted octanol–water partition coefficient (Wildman–Crippen LogP) is 5.18. The molecule has 0 spiro atoms. The van der Waals surface area contributed by atoms with Crippen molar-refractivity contribution in [3.63, 3.8) is 0 Å². The van der Waals surface area contributed by atoms with Crippen molar-refractivity contribution >= 4 is 52.5 Å². The van der Waals surface area contributed by atoms with E-state index in [1.54, 1.807) is 12.1 Å². The molecule has 3 aromatic carbocycles. The van der Waals surface area contributed by atoms with Gasteiger partial charge in [0.15, 0.2) is 0 Å². The van der Waals surface area contributed by atoms with Crippen molar-refractivity contribution in [2.75, 3.05) is 0 Å². The van der Waals surface area contributed by atoms with Crippen LogP contribution in [-0.2, 0) is 9.84 Å². The number of fused-ring (bicyclic) bond motifs is 5. The number of sulfone groups is 1. The molecule has 0 bridgehead atoms. The topological polar surface area (TPSA) is 34.1 Å². The Morgan fingerprint density at radius 1 is 0.810 bits per heavy atom. The maximum Gasteiger partial charge on any atom is 0.207 e. The summed E-state index contributed by atoms with van der Waals surface area (Å²) in [5.74, 6) is 0. The van der Waals surface area contributed by atoms with Gasteiger partial charge in [-0.2, -0.15) is 0 Å². The quantitative estimate of drug-likeness (QED) is 0.390. The minimum absolute atomic E-state index is 0.370. The van der Waals surface area contributed by atoms with Crippen molar-refractivity contribution in [3.8, 4) is 11.1 Å². The number of rotatable bonds is 0. The van der Waals surface area contributed by atoms with E-state index in [9.17, 15) is 8.42 Å². The molecule has 0 saturated heterocycles. The van der Waals surface area contributed by atoms with Gasteiger partial charge in [-0.1, -0.05) is 62.2 Å². The van der Waals surface area contributed by atoms with Crippen LogP contribution in [0.15, 0.2) is 67.3 Å². The molecule has 1 aliphatic rings. The second-order valence-electron chi connectivity index (χ2n) is 4.92. The highest BCUT2D eigenvalue weighted by molar-refractivity contribution is 9.11. The smallest absolute Gasteiger partial charge is 0.207 e. The third-order valence-corrected chi connectivity index (χ3v) is 6.72. The van der Waals surface area contributed by atoms with Crippen molar-refractivity contribution in [3.05, 3.63) is 57.5 Å². The minimum atomic E-state index is -3.46. The van der Waals surface area contributed by atoms with Crippen molar-refractivity contribution in [1.29, 1.82) is 0 Å². The number of hydrogen-bond donors (Lipinski definition) is 0. The Hall–Kier alpha value is -1.17. The van der Waals surface area contributed by atoms with Crippen LogP contribution < -0.4 is 0 Å². The van der Waals surface area contributed by atoms with E-state index < -0.39 is 9.84 Å². The van der Waals surface area contributed by atoms with Gasteiger partial charge in [0.1, 0.15) is 0 Å². The van der Waals surface area contributed by atoms with Crippen LogP contribution in [0, 0.1) is 0 Å². The molecular formula is C16H8Br2O2S. The SMILES string of the molecule is O=S1(=O)c2cc(Br)ccc2-c2c1cc(Br)c1ccccc21. The van der Waals surface area contributed by atoms with Gasteiger partial charge >= 0.3 is 0 Å². The molecule has 0 aromatic heterocycles. The van der Waals surface area contributed by atoms with Crippen molar-refractivity contribution in [1.82, 2.24) is 0 Å². The molecule has 1 heterocycles. The lowest BCUT2D eigenvalue weighted by Gasteiger charge is -2.07. The molecule has 0 fully saturated rings. The van der Waals surface area contributed by atoms with Crippen molar-refractivity contribution < 1.29 is 8.42 Å². The highest BCUT2D eigenvalue weighted by atomic mass is 79.9. The van der Waals surface area contributed by atoms with E-state index >= 15 is 0 Å². The first-order chi connectivity index (χ1) is 10.00. The fourth-order valence-electron chi connectivity index (χ4n) is 2.84. The molecule has 5 heteroatoms. The fourth-order valence-corrected chi connectivity index (χ4v) is 5.82. The molecular weight excluding hydrogens is 416 g/mol. The van der Waals surface area contributed by atoms with Crippen LogP contribution in [0.5, 0.6) is 0 Å². The summed E-state index contributed by atoms with van der Waals surface area (Å²) in [5, 5.41) is 1.97. The lowest BCUT2D eigenvalue weighted by Crippen LogP contribution is -1.96. The summed E-state index contributed by atoms with van der Waals surface area (Å²) in [6.07, 6.45) is 0. The molecule has 0 unspecified atom stereocenters. The zero-order chi connectivity index (χ0) is 14.8. The Labute approximate surface area is 139 Å². The van der Waals surface area contributed by atoms with E-state index in [4.69, 9.17) is 0 Å². The summed E-state index contributed by atoms with van der Waals surface area (Å²) < 4.78 is 27.1. The van der Waals surface area contributed by atoms with Gasteiger partial charge in [0.25, 0.3) is 0 Å². The molecule has 4 rings (SSSR count). The predicted molar refractivity (Wildman–Crippen MR) is 90.2 cm³/mol. The van der Waals surface area contributed by atoms with Gasteiger partial charge in [-0.05, 0) is 29.0 Å². The minimum Gasteiger partial charge on any atom is -0.218 e. The summed E-state index contributed by atoms with van der Waals surface area (Å²) in [5.41, 5.74) is 1.58. The second kappa shape index (κ2) is 4.41. The van der Waals surface area contributed by atoms with Crippen LogP contribution in [-0.4, -0.2) is 8.42 Å². The van der Waals surface area contributed by atoms with E-state index in [1.165, 1.54) is 0 Å². The van der Waals surface area contributed by atoms with Crippen LogP contribution in [0.25, 0.3) is 21.9 Å². The number of halogens is 2. The third kappa shape index (κ3) is 1.77. The molecule has 0 amide bonds. The fraction of sp³-hybridized carbons (Fsp3) is 0. The van der Waals surface area contributed by atoms with E-state index in [1.807, 2.05) is 36.4 Å². The molecule has 0 N–H and O–H groups in total. The molecule has 2 nitrogen and oxygen atoms in total. The van der Waals surface area contributed by atoms with Crippen molar-refractivity contribution in [2.45, 2.75) is 9.79 Å². The van der Waals surface area contributed by atoms with E-state index in [0.29, 0.717) is 9.79 Å². The van der Waals surface area contributed by atoms with Crippen LogP contribution in [0.1, 0.15) is 0 Å². The van der Waals surface area contributed by atoms with E-state index in [2.05, 4.69) is 31.9 Å². The number of hydrogen-bond acceptors (Lipinski definition) is 2. The maximum absolute atomic E-state index is 12.8. The Kier molecular flexibility index (Phi) is 2.83. The lowest BCUT2D eigenvalue weighted by molar-refractivity contribution is 0.598. The molecule has 3 aromatic rings. The van der Waals surface area contributed by atoms with Crippen LogP contribution in [0.4, 0.5) is 0 Å². The van der Waals surface area contributed by atoms with Gasteiger partial charge in [0.2, 0.25) is 9.84 Å². The second-order valence-corrected chi connectivity index (χ2v) is 8.58. The van der Waals surface area contributed by atoms with Gasteiger partial charge < -0.3 is 0 Å². The molecule has 0 saturated carbocycles. The first kappa shape index (κ1) is 13.5. The summed E-state index contributed by atoms with van der Waals surface area (Å²) in [4.78, 5) is 0.747. The summed E-state index contributed by atoms with van der Waals surface area (Å²) >= 11 is 6.84. The van der Waals surface area contributed by atoms with Crippen LogP contribution in [0.3, 0.4) is 0 Å². The average Bonchev–Trinajstić information content (AvgIpc) is 2.68. The average molecular weight is 424 g/mol. The Balaban J connectivity index is 2.28. The molecule has 0 radical (unpaired) electrons. The summed E-state index contributed by atoms with van der Waals surface area (Å²) in [6.45, 7) is 0. The van der Waals surface area contributed by atoms with Crippen LogP contribution in [0.2, 0.25) is 0 Å². The normalized spacial score (nSPS) is 15.0. The molecule has 104 valence electrons. The Morgan fingerprint density at radius 3 is 2.29 bits per heavy atom. The highest BCUT2D eigenvalue weighted by Gasteiger charge is 2.34. The van der Waals surface area contributed by atoms with Gasteiger partial charge in [-0.25, -0.2) is 8.42 Å². The van der Waals surface area contributed by atoms with Gasteiger partial charge in [0, 0.05) is 20.1 Å². The number of benzene rings is 3. The first-order valence-electron chi connectivity index (χ1n) is 6.26. The molecule has 21 heavy (non-hydrogen) atoms. The van der Waals surface area contributed by atoms with Gasteiger partial charge in [-0.15, -0.1) is 0 Å². The monoisotopic (exact) mass is 422 g/mol. The van der Waals surface area contributed by atoms with Crippen LogP contribution >= 0.6 is 31.9 Å². The van der Waals surface area contributed by atoms with E-state index in [-0.39, 0.29) is 0 Å². The largest absolute Gasteiger partial charge is 0.218 e. The lowest BCUT2D eigenvalue weighted by atomic mass is 9.98. The first-order valence-corrected chi connectivity index (χ1v) is 9.33. The standard InChI is InChI=1S/C16H8Br2O2S/c17-9-5-6-12-14(7-9)21(19,20)15-8-13(18)10-3-1-2-4-11(10)16(12)15/h1-8H. The third-order valence-electron chi connectivity index (χ3n) is 3.75. The van der Waals surface area contributed by atoms with Crippen molar-refractivity contribution in [2.24, 2.45) is 0 Å². The molecule has 1 aliphatic heterocycles. The summed E-state index contributed by atoms with van der Waals surface area (Å²) in [6, 6.07) is 15.0. The van der Waals surface area contributed by atoms with E-state index in [0.717, 1.165) is 30.8 Å². The Bertz CT molecular complexity index is 1020. The zero-order valence-electron chi connectivity index (χ0n) is 10.6. The van der Waals surface area contributed by atoms with Gasteiger partial charge in [0.05, 0.1) is 9.79 Å². The Morgan fingerprint density at radius 2 is 1.52 bits per heavy atom. The maximum atomic E-state index is 12.8. The zero-order valence-corrected chi connectivity index (χ0v) is 14.6. The summed E-state index contributed by atoms with van der Waals surface area (Å²) in [7, 11) is -3.46.